The van der Waals surface area contributed by atoms with Gasteiger partial charge in [-0.15, -0.1) is 0 Å². The van der Waals surface area contributed by atoms with E-state index in [4.69, 9.17) is 24.3 Å². The van der Waals surface area contributed by atoms with E-state index in [1.165, 1.54) is 283 Å². The normalized spacial score (nSPS) is 13.1. The van der Waals surface area contributed by atoms with Gasteiger partial charge < -0.3 is 20.1 Å². The lowest BCUT2D eigenvalue weighted by Gasteiger charge is -2.19. The minimum Gasteiger partial charge on any atom is -0.462 e. The first-order chi connectivity index (χ1) is 38.8. The van der Waals surface area contributed by atoms with E-state index >= 15 is 0 Å². The number of hydrogen-bond donors (Lipinski definition) is 2. The molecule has 0 aromatic carbocycles. The lowest BCUT2D eigenvalue weighted by molar-refractivity contribution is -0.161. The molecule has 0 radical (unpaired) electrons. The van der Waals surface area contributed by atoms with Crippen molar-refractivity contribution in [1.29, 1.82) is 0 Å². The first-order valence-electron chi connectivity index (χ1n) is 34.5. The second-order valence-electron chi connectivity index (χ2n) is 23.4. The molecule has 0 rings (SSSR count). The molecule has 0 aromatic heterocycles. The number of hydrogen-bond acceptors (Lipinski definition) is 8. The topological polar surface area (TPSA) is 134 Å². The standard InChI is InChI=1S/C69H132NO8P/c1-3-5-7-9-11-13-15-17-19-21-23-25-27-29-31-32-33-34-36-38-40-42-44-46-48-50-52-54-56-58-60-62-69(72)78-67(66-77-79(73,74)76-64-63-70)65-75-68(71)61-59-57-55-53-51-49-47-45-43-41-39-37-35-30-28-26-24-22-20-18-16-14-12-10-8-6-4-2/h15,17,21,23,27,29,67H,3-14,16,18-20,22,24-26,28,30-66,70H2,1-2H3,(H,73,74)/b17-15-,23-21-,29-27-. The summed E-state index contributed by atoms with van der Waals surface area (Å²) < 4.78 is 33.2. The smallest absolute Gasteiger partial charge is 0.462 e. The van der Waals surface area contributed by atoms with Gasteiger partial charge in [0.05, 0.1) is 13.2 Å². The zero-order valence-corrected chi connectivity index (χ0v) is 53.3. The van der Waals surface area contributed by atoms with Crippen LogP contribution in [0.3, 0.4) is 0 Å². The van der Waals surface area contributed by atoms with E-state index in [0.29, 0.717) is 6.42 Å². The lowest BCUT2D eigenvalue weighted by atomic mass is 10.0. The first kappa shape index (κ1) is 77.2. The van der Waals surface area contributed by atoms with Crippen LogP contribution in [-0.2, 0) is 32.7 Å². The Hall–Kier alpha value is -1.77. The van der Waals surface area contributed by atoms with E-state index in [1.807, 2.05) is 0 Å². The van der Waals surface area contributed by atoms with E-state index in [9.17, 15) is 19.0 Å². The van der Waals surface area contributed by atoms with Crippen LogP contribution in [0.5, 0.6) is 0 Å². The van der Waals surface area contributed by atoms with Crippen LogP contribution in [0.1, 0.15) is 361 Å². The maximum absolute atomic E-state index is 12.8. The van der Waals surface area contributed by atoms with Crippen LogP contribution in [-0.4, -0.2) is 49.3 Å². The zero-order valence-electron chi connectivity index (χ0n) is 52.4. The van der Waals surface area contributed by atoms with Gasteiger partial charge in [0.15, 0.2) is 6.10 Å². The third-order valence-electron chi connectivity index (χ3n) is 15.5. The van der Waals surface area contributed by atoms with Gasteiger partial charge in [-0.1, -0.05) is 333 Å². The van der Waals surface area contributed by atoms with Crippen LogP contribution in [0, 0.1) is 0 Å². The van der Waals surface area contributed by atoms with Crippen LogP contribution in [0.4, 0.5) is 0 Å². The number of phosphoric acid groups is 1. The molecule has 10 heteroatoms. The average molecular weight is 1130 g/mol. The fourth-order valence-electron chi connectivity index (χ4n) is 10.4. The molecule has 79 heavy (non-hydrogen) atoms. The number of allylic oxidation sites excluding steroid dienone is 6. The molecular weight excluding hydrogens is 1000 g/mol. The Morgan fingerprint density at radius 2 is 0.658 bits per heavy atom. The number of phosphoric ester groups is 1. The monoisotopic (exact) mass is 1130 g/mol. The molecule has 2 atom stereocenters. The molecule has 0 aliphatic heterocycles. The lowest BCUT2D eigenvalue weighted by Crippen LogP contribution is -2.29. The van der Waals surface area contributed by atoms with E-state index < -0.39 is 26.5 Å². The molecule has 0 heterocycles. The van der Waals surface area contributed by atoms with E-state index in [1.54, 1.807) is 0 Å². The highest BCUT2D eigenvalue weighted by molar-refractivity contribution is 7.47. The maximum Gasteiger partial charge on any atom is 0.472 e. The second-order valence-corrected chi connectivity index (χ2v) is 24.9. The van der Waals surface area contributed by atoms with Crippen LogP contribution in [0.2, 0.25) is 0 Å². The Morgan fingerprint density at radius 1 is 0.380 bits per heavy atom. The van der Waals surface area contributed by atoms with Crippen molar-refractivity contribution in [3.05, 3.63) is 36.5 Å². The maximum atomic E-state index is 12.8. The highest BCUT2D eigenvalue weighted by Crippen LogP contribution is 2.43. The van der Waals surface area contributed by atoms with Gasteiger partial charge >= 0.3 is 19.8 Å². The summed E-state index contributed by atoms with van der Waals surface area (Å²) in [5.41, 5.74) is 5.40. The van der Waals surface area contributed by atoms with E-state index in [-0.39, 0.29) is 38.6 Å². The zero-order chi connectivity index (χ0) is 57.3. The Balaban J connectivity index is 3.84. The summed E-state index contributed by atoms with van der Waals surface area (Å²) in [6, 6.07) is 0. The Morgan fingerprint density at radius 3 is 0.975 bits per heavy atom. The molecule has 0 saturated carbocycles. The van der Waals surface area contributed by atoms with Crippen LogP contribution in [0.15, 0.2) is 36.5 Å². The van der Waals surface area contributed by atoms with Crippen molar-refractivity contribution >= 4 is 19.8 Å². The SMILES string of the molecule is CCCCCCC/C=C\C/C=C\C/C=C\CCCCCCCCCCCCCCCCCCC(=O)OC(COC(=O)CCCCCCCCCCCCCCCCCCCCCCCCCCCCC)COP(=O)(O)OCCN. The summed E-state index contributed by atoms with van der Waals surface area (Å²) in [5, 5.41) is 0. The number of carbonyl (C=O) groups excluding carboxylic acids is 2. The summed E-state index contributed by atoms with van der Waals surface area (Å²) in [4.78, 5) is 35.3. The molecule has 0 spiro atoms. The molecule has 3 N–H and O–H groups in total. The van der Waals surface area contributed by atoms with Crippen molar-refractivity contribution in [1.82, 2.24) is 0 Å². The van der Waals surface area contributed by atoms with Gasteiger partial charge in [-0.05, 0) is 51.4 Å². The number of nitrogens with two attached hydrogens (primary N) is 1. The van der Waals surface area contributed by atoms with Gasteiger partial charge in [0.2, 0.25) is 0 Å². The van der Waals surface area contributed by atoms with Crippen molar-refractivity contribution in [3.8, 4) is 0 Å². The van der Waals surface area contributed by atoms with Crippen LogP contribution in [0.25, 0.3) is 0 Å². The molecule has 0 aliphatic carbocycles. The molecule has 0 saturated heterocycles. The predicted octanol–water partition coefficient (Wildman–Crippen LogP) is 22.3. The van der Waals surface area contributed by atoms with Crippen molar-refractivity contribution in [3.63, 3.8) is 0 Å². The van der Waals surface area contributed by atoms with Crippen molar-refractivity contribution in [2.24, 2.45) is 5.73 Å². The molecular formula is C69H132NO8P. The fraction of sp³-hybridized carbons (Fsp3) is 0.884. The quantitative estimate of drug-likeness (QED) is 0.0264. The van der Waals surface area contributed by atoms with Crippen LogP contribution >= 0.6 is 7.82 Å². The van der Waals surface area contributed by atoms with Crippen LogP contribution < -0.4 is 5.73 Å². The number of unbranched alkanes of at least 4 members (excludes halogenated alkanes) is 47. The summed E-state index contributed by atoms with van der Waals surface area (Å²) in [7, 11) is -4.39. The third-order valence-corrected chi connectivity index (χ3v) is 16.5. The Kier molecular flexibility index (Phi) is 63.9. The Bertz CT molecular complexity index is 1390. The largest absolute Gasteiger partial charge is 0.472 e. The van der Waals surface area contributed by atoms with Gasteiger partial charge in [0.25, 0.3) is 0 Å². The summed E-state index contributed by atoms with van der Waals surface area (Å²) in [6.07, 6.45) is 80.9. The van der Waals surface area contributed by atoms with Crippen molar-refractivity contribution in [2.75, 3.05) is 26.4 Å². The molecule has 9 nitrogen and oxygen atoms in total. The highest BCUT2D eigenvalue weighted by Gasteiger charge is 2.26. The molecule has 0 bridgehead atoms. The molecule has 2 unspecified atom stereocenters. The molecule has 0 amide bonds. The fourth-order valence-corrected chi connectivity index (χ4v) is 11.2. The van der Waals surface area contributed by atoms with Crippen molar-refractivity contribution < 1.29 is 37.6 Å². The molecule has 0 fully saturated rings. The summed E-state index contributed by atoms with van der Waals surface area (Å²) in [6.45, 7) is 3.81. The number of ether oxygens (including phenoxy) is 2. The second kappa shape index (κ2) is 65.4. The number of carbonyl (C=O) groups is 2. The van der Waals surface area contributed by atoms with Crippen molar-refractivity contribution in [2.45, 2.75) is 367 Å². The summed E-state index contributed by atoms with van der Waals surface area (Å²) >= 11 is 0. The molecule has 0 aromatic rings. The summed E-state index contributed by atoms with van der Waals surface area (Å²) in [5.74, 6) is -0.806. The minimum absolute atomic E-state index is 0.0558. The average Bonchev–Trinajstić information content (AvgIpc) is 3.44. The van der Waals surface area contributed by atoms with Gasteiger partial charge in [0.1, 0.15) is 6.61 Å². The Labute approximate surface area is 490 Å². The van der Waals surface area contributed by atoms with E-state index in [2.05, 4.69) is 50.3 Å². The minimum atomic E-state index is -4.39. The third kappa shape index (κ3) is 65.3. The number of esters is 2. The van der Waals surface area contributed by atoms with E-state index in [0.717, 1.165) is 44.9 Å². The van der Waals surface area contributed by atoms with Gasteiger partial charge in [-0.2, -0.15) is 0 Å². The van der Waals surface area contributed by atoms with Gasteiger partial charge in [0, 0.05) is 19.4 Å². The highest BCUT2D eigenvalue weighted by atomic mass is 31.2. The predicted molar refractivity (Wildman–Crippen MR) is 340 cm³/mol. The van der Waals surface area contributed by atoms with Gasteiger partial charge in [-0.25, -0.2) is 4.57 Å². The molecule has 0 aliphatic rings. The molecule has 466 valence electrons. The number of rotatable bonds is 66. The van der Waals surface area contributed by atoms with Gasteiger partial charge in [-0.3, -0.25) is 18.6 Å². The first-order valence-corrected chi connectivity index (χ1v) is 36.0.